The Labute approximate surface area is 146 Å². The van der Waals surface area contributed by atoms with Crippen LogP contribution in [0.2, 0.25) is 0 Å². The van der Waals surface area contributed by atoms with E-state index in [0.29, 0.717) is 17.9 Å². The SMILES string of the molecule is CCn1ncc(Cn2ncnc2-c2ccc(F)cc2C(C)=O)c1Br. The van der Waals surface area contributed by atoms with Gasteiger partial charge in [0.2, 0.25) is 0 Å². The van der Waals surface area contributed by atoms with Crippen LogP contribution in [-0.4, -0.2) is 30.3 Å². The van der Waals surface area contributed by atoms with Gasteiger partial charge < -0.3 is 0 Å². The third kappa shape index (κ3) is 3.01. The Bertz CT molecular complexity index is 902. The molecule has 24 heavy (non-hydrogen) atoms. The lowest BCUT2D eigenvalue weighted by molar-refractivity contribution is 0.101. The molecule has 3 rings (SSSR count). The van der Waals surface area contributed by atoms with E-state index >= 15 is 0 Å². The molecule has 8 heteroatoms. The van der Waals surface area contributed by atoms with Crippen LogP contribution in [0.1, 0.15) is 29.8 Å². The molecule has 0 bridgehead atoms. The van der Waals surface area contributed by atoms with Gasteiger partial charge in [0.25, 0.3) is 0 Å². The predicted molar refractivity (Wildman–Crippen MR) is 90.1 cm³/mol. The fraction of sp³-hybridized carbons (Fsp3) is 0.250. The first kappa shape index (κ1) is 16.5. The average Bonchev–Trinajstić information content (AvgIpc) is 3.15. The summed E-state index contributed by atoms with van der Waals surface area (Å²) in [6.07, 6.45) is 3.18. The summed E-state index contributed by atoms with van der Waals surface area (Å²) in [5, 5.41) is 8.51. The van der Waals surface area contributed by atoms with Crippen molar-refractivity contribution < 1.29 is 9.18 Å². The van der Waals surface area contributed by atoms with Crippen LogP contribution >= 0.6 is 15.9 Å². The Morgan fingerprint density at radius 2 is 2.08 bits per heavy atom. The van der Waals surface area contributed by atoms with Gasteiger partial charge in [-0.2, -0.15) is 10.2 Å². The Balaban J connectivity index is 2.02. The van der Waals surface area contributed by atoms with E-state index in [-0.39, 0.29) is 11.3 Å². The normalized spacial score (nSPS) is 11.0. The molecular formula is C16H15BrFN5O. The number of Topliss-reactive ketones (excluding diaryl/α,β-unsaturated/α-hetero) is 1. The number of hydrogen-bond donors (Lipinski definition) is 0. The van der Waals surface area contributed by atoms with Crippen LogP contribution in [0.4, 0.5) is 4.39 Å². The molecule has 0 saturated carbocycles. The summed E-state index contributed by atoms with van der Waals surface area (Å²) < 4.78 is 17.8. The quantitative estimate of drug-likeness (QED) is 0.625. The summed E-state index contributed by atoms with van der Waals surface area (Å²) in [5.74, 6) is -0.169. The number of hydrogen-bond acceptors (Lipinski definition) is 4. The predicted octanol–water partition coefficient (Wildman–Crippen LogP) is 3.31. The minimum absolute atomic E-state index is 0.223. The van der Waals surface area contributed by atoms with Gasteiger partial charge in [0.15, 0.2) is 11.6 Å². The number of nitrogens with zero attached hydrogens (tertiary/aromatic N) is 5. The summed E-state index contributed by atoms with van der Waals surface area (Å²) in [7, 11) is 0. The summed E-state index contributed by atoms with van der Waals surface area (Å²) in [6, 6.07) is 4.09. The van der Waals surface area contributed by atoms with Crippen LogP contribution in [0.15, 0.2) is 35.3 Å². The van der Waals surface area contributed by atoms with Crippen molar-refractivity contribution in [2.45, 2.75) is 26.9 Å². The van der Waals surface area contributed by atoms with Crippen molar-refractivity contribution >= 4 is 21.7 Å². The topological polar surface area (TPSA) is 65.6 Å². The minimum Gasteiger partial charge on any atom is -0.294 e. The van der Waals surface area contributed by atoms with Gasteiger partial charge in [-0.1, -0.05) is 0 Å². The van der Waals surface area contributed by atoms with Gasteiger partial charge in [-0.25, -0.2) is 14.1 Å². The average molecular weight is 392 g/mol. The van der Waals surface area contributed by atoms with Crippen molar-refractivity contribution in [1.82, 2.24) is 24.5 Å². The molecule has 2 aromatic heterocycles. The number of carbonyl (C=O) groups excluding carboxylic acids is 1. The minimum atomic E-state index is -0.456. The van der Waals surface area contributed by atoms with E-state index < -0.39 is 5.82 Å². The standard InChI is InChI=1S/C16H15BrFN5O/c1-3-22-15(17)11(7-20-22)8-23-16(19-9-21-23)13-5-4-12(18)6-14(13)10(2)24/h4-7,9H,3,8H2,1-2H3. The van der Waals surface area contributed by atoms with Gasteiger partial charge in [0.1, 0.15) is 16.7 Å². The number of carbonyl (C=O) groups is 1. The van der Waals surface area contributed by atoms with Crippen LogP contribution in [0.5, 0.6) is 0 Å². The smallest absolute Gasteiger partial charge is 0.160 e. The van der Waals surface area contributed by atoms with Crippen molar-refractivity contribution in [3.8, 4) is 11.4 Å². The highest BCUT2D eigenvalue weighted by Gasteiger charge is 2.17. The van der Waals surface area contributed by atoms with Gasteiger partial charge in [-0.3, -0.25) is 9.48 Å². The molecule has 124 valence electrons. The number of rotatable bonds is 5. The zero-order chi connectivity index (χ0) is 17.3. The van der Waals surface area contributed by atoms with E-state index in [0.717, 1.165) is 16.7 Å². The van der Waals surface area contributed by atoms with Gasteiger partial charge in [-0.05, 0) is 48.0 Å². The Morgan fingerprint density at radius 3 is 2.75 bits per heavy atom. The summed E-state index contributed by atoms with van der Waals surface area (Å²) in [4.78, 5) is 16.1. The van der Waals surface area contributed by atoms with E-state index in [2.05, 4.69) is 31.1 Å². The number of aromatic nitrogens is 5. The fourth-order valence-electron chi connectivity index (χ4n) is 2.49. The largest absolute Gasteiger partial charge is 0.294 e. The van der Waals surface area contributed by atoms with E-state index in [4.69, 9.17) is 0 Å². The van der Waals surface area contributed by atoms with Crippen molar-refractivity contribution in [3.05, 3.63) is 52.3 Å². The monoisotopic (exact) mass is 391 g/mol. The molecule has 0 radical (unpaired) electrons. The number of aryl methyl sites for hydroxylation is 1. The summed E-state index contributed by atoms with van der Waals surface area (Å²) >= 11 is 3.52. The molecule has 0 saturated heterocycles. The number of ketones is 1. The van der Waals surface area contributed by atoms with Gasteiger partial charge >= 0.3 is 0 Å². The first-order valence-corrected chi connectivity index (χ1v) is 8.19. The van der Waals surface area contributed by atoms with Crippen molar-refractivity contribution in [1.29, 1.82) is 0 Å². The molecule has 3 aromatic rings. The zero-order valence-electron chi connectivity index (χ0n) is 13.2. The first-order valence-electron chi connectivity index (χ1n) is 7.40. The highest BCUT2D eigenvalue weighted by Crippen LogP contribution is 2.25. The van der Waals surface area contributed by atoms with E-state index in [1.807, 2.05) is 11.6 Å². The maximum absolute atomic E-state index is 13.5. The Kier molecular flexibility index (Phi) is 4.57. The lowest BCUT2D eigenvalue weighted by Crippen LogP contribution is -2.07. The molecule has 0 aliphatic heterocycles. The second-order valence-corrected chi connectivity index (χ2v) is 6.01. The maximum atomic E-state index is 13.5. The van der Waals surface area contributed by atoms with E-state index in [9.17, 15) is 9.18 Å². The molecule has 0 aliphatic rings. The lowest BCUT2D eigenvalue weighted by atomic mass is 10.0. The van der Waals surface area contributed by atoms with Gasteiger partial charge in [-0.15, -0.1) is 0 Å². The fourth-order valence-corrected chi connectivity index (χ4v) is 3.06. The molecule has 0 aliphatic carbocycles. The van der Waals surface area contributed by atoms with E-state index in [1.54, 1.807) is 16.9 Å². The van der Waals surface area contributed by atoms with Crippen LogP contribution in [0.25, 0.3) is 11.4 Å². The number of halogens is 2. The molecule has 0 amide bonds. The van der Waals surface area contributed by atoms with Crippen LogP contribution in [0.3, 0.4) is 0 Å². The van der Waals surface area contributed by atoms with Crippen LogP contribution in [-0.2, 0) is 13.1 Å². The van der Waals surface area contributed by atoms with Gasteiger partial charge in [0, 0.05) is 23.2 Å². The molecule has 0 unspecified atom stereocenters. The Hall–Kier alpha value is -2.35. The van der Waals surface area contributed by atoms with Gasteiger partial charge in [0.05, 0.1) is 12.7 Å². The molecule has 0 fully saturated rings. The third-order valence-electron chi connectivity index (χ3n) is 3.68. The molecule has 1 aromatic carbocycles. The summed E-state index contributed by atoms with van der Waals surface area (Å²) in [5.41, 5.74) is 1.78. The molecule has 2 heterocycles. The Morgan fingerprint density at radius 1 is 1.29 bits per heavy atom. The second kappa shape index (κ2) is 6.64. The number of benzene rings is 1. The second-order valence-electron chi connectivity index (χ2n) is 5.26. The lowest BCUT2D eigenvalue weighted by Gasteiger charge is -2.09. The molecule has 0 atom stereocenters. The maximum Gasteiger partial charge on any atom is 0.160 e. The highest BCUT2D eigenvalue weighted by molar-refractivity contribution is 9.10. The zero-order valence-corrected chi connectivity index (χ0v) is 14.8. The first-order chi connectivity index (χ1) is 11.5. The molecule has 0 spiro atoms. The van der Waals surface area contributed by atoms with Crippen molar-refractivity contribution in [2.24, 2.45) is 0 Å². The molecular weight excluding hydrogens is 377 g/mol. The molecule has 6 nitrogen and oxygen atoms in total. The molecule has 0 N–H and O–H groups in total. The highest BCUT2D eigenvalue weighted by atomic mass is 79.9. The third-order valence-corrected chi connectivity index (χ3v) is 4.60. The van der Waals surface area contributed by atoms with Crippen LogP contribution < -0.4 is 0 Å². The summed E-state index contributed by atoms with van der Waals surface area (Å²) in [6.45, 7) is 4.59. The van der Waals surface area contributed by atoms with Crippen molar-refractivity contribution in [3.63, 3.8) is 0 Å². The van der Waals surface area contributed by atoms with E-state index in [1.165, 1.54) is 25.4 Å². The van der Waals surface area contributed by atoms with Crippen molar-refractivity contribution in [2.75, 3.05) is 0 Å². The van der Waals surface area contributed by atoms with Crippen LogP contribution in [0, 0.1) is 5.82 Å².